The van der Waals surface area contributed by atoms with E-state index >= 15 is 0 Å². The molecule has 1 atom stereocenters. The molecule has 3 rings (SSSR count). The zero-order valence-corrected chi connectivity index (χ0v) is 9.68. The first-order valence-electron chi connectivity index (χ1n) is 5.81. The van der Waals surface area contributed by atoms with Crippen LogP contribution in [-0.2, 0) is 7.05 Å². The second-order valence-corrected chi connectivity index (χ2v) is 4.38. The summed E-state index contributed by atoms with van der Waals surface area (Å²) in [7, 11) is 1.77. The van der Waals surface area contributed by atoms with E-state index < -0.39 is 0 Å². The monoisotopic (exact) mass is 230 g/mol. The molecular weight excluding hydrogens is 216 g/mol. The van der Waals surface area contributed by atoms with Gasteiger partial charge in [-0.15, -0.1) is 0 Å². The third-order valence-electron chi connectivity index (χ3n) is 3.28. The topological polar surface area (TPSA) is 59.8 Å². The predicted molar refractivity (Wildman–Crippen MR) is 64.8 cm³/mol. The van der Waals surface area contributed by atoms with Crippen molar-refractivity contribution in [2.45, 2.75) is 18.9 Å². The Bertz CT molecular complexity index is 613. The number of rotatable bonds is 1. The summed E-state index contributed by atoms with van der Waals surface area (Å²) in [4.78, 5) is 20.7. The summed E-state index contributed by atoms with van der Waals surface area (Å²) in [5, 5.41) is 3.95. The van der Waals surface area contributed by atoms with Gasteiger partial charge in [-0.1, -0.05) is 0 Å². The molecule has 2 aromatic rings. The van der Waals surface area contributed by atoms with Crippen LogP contribution >= 0.6 is 0 Å². The molecule has 0 aliphatic carbocycles. The van der Waals surface area contributed by atoms with Crippen LogP contribution in [0, 0.1) is 0 Å². The normalized spacial score (nSPS) is 19.9. The molecule has 0 radical (unpaired) electrons. The number of hydrogen-bond acceptors (Lipinski definition) is 4. The number of fused-ring (bicyclic) bond motifs is 1. The van der Waals surface area contributed by atoms with E-state index in [4.69, 9.17) is 0 Å². The van der Waals surface area contributed by atoms with E-state index in [9.17, 15) is 4.79 Å². The Morgan fingerprint density at radius 3 is 3.18 bits per heavy atom. The van der Waals surface area contributed by atoms with Gasteiger partial charge in [0.25, 0.3) is 5.56 Å². The molecule has 1 saturated heterocycles. The van der Waals surface area contributed by atoms with Crippen molar-refractivity contribution in [2.24, 2.45) is 7.05 Å². The Morgan fingerprint density at radius 2 is 2.41 bits per heavy atom. The van der Waals surface area contributed by atoms with Crippen LogP contribution in [0.2, 0.25) is 0 Å². The molecule has 0 aromatic carbocycles. The number of aromatic nitrogens is 3. The van der Waals surface area contributed by atoms with E-state index in [0.29, 0.717) is 5.39 Å². The minimum Gasteiger partial charge on any atom is -0.307 e. The molecule has 17 heavy (non-hydrogen) atoms. The van der Waals surface area contributed by atoms with Gasteiger partial charge in [0, 0.05) is 19.4 Å². The summed E-state index contributed by atoms with van der Waals surface area (Å²) in [6, 6.07) is 1.99. The lowest BCUT2D eigenvalue weighted by atomic mass is 10.2. The zero-order chi connectivity index (χ0) is 11.8. The quantitative estimate of drug-likeness (QED) is 0.785. The Kier molecular flexibility index (Phi) is 2.40. The molecule has 0 saturated carbocycles. The van der Waals surface area contributed by atoms with Crippen molar-refractivity contribution in [1.29, 1.82) is 0 Å². The third kappa shape index (κ3) is 1.63. The van der Waals surface area contributed by atoms with Crippen LogP contribution in [0.25, 0.3) is 10.9 Å². The maximum atomic E-state index is 12.2. The van der Waals surface area contributed by atoms with Crippen molar-refractivity contribution in [1.82, 2.24) is 19.9 Å². The average molecular weight is 230 g/mol. The van der Waals surface area contributed by atoms with E-state index in [1.54, 1.807) is 30.1 Å². The van der Waals surface area contributed by atoms with E-state index in [1.807, 2.05) is 0 Å². The van der Waals surface area contributed by atoms with Gasteiger partial charge in [0.1, 0.15) is 5.82 Å². The van der Waals surface area contributed by atoms with Crippen LogP contribution in [0.3, 0.4) is 0 Å². The first kappa shape index (κ1) is 10.4. The number of nitrogens with one attached hydrogen (secondary N) is 1. The maximum absolute atomic E-state index is 12.2. The van der Waals surface area contributed by atoms with Crippen molar-refractivity contribution in [3.05, 3.63) is 34.6 Å². The summed E-state index contributed by atoms with van der Waals surface area (Å²) < 4.78 is 1.63. The molecule has 1 aliphatic rings. The SMILES string of the molecule is Cn1c([C@@H]2CCCN2)nc2ccncc2c1=O. The standard InChI is InChI=1S/C12H14N4O/c1-16-11(10-3-2-5-14-10)15-9-4-6-13-7-8(9)12(16)17/h4,6-7,10,14H,2-3,5H2,1H3/t10-/m0/s1. The molecule has 0 unspecified atom stereocenters. The third-order valence-corrected chi connectivity index (χ3v) is 3.28. The molecule has 3 heterocycles. The fourth-order valence-electron chi connectivity index (χ4n) is 2.35. The van der Waals surface area contributed by atoms with Gasteiger partial charge >= 0.3 is 0 Å². The van der Waals surface area contributed by atoms with Gasteiger partial charge in [0.2, 0.25) is 0 Å². The van der Waals surface area contributed by atoms with Crippen molar-refractivity contribution in [2.75, 3.05) is 6.54 Å². The highest BCUT2D eigenvalue weighted by Crippen LogP contribution is 2.21. The predicted octanol–water partition coefficient (Wildman–Crippen LogP) is 0.753. The smallest absolute Gasteiger partial charge is 0.262 e. The van der Waals surface area contributed by atoms with E-state index in [-0.39, 0.29) is 11.6 Å². The molecule has 5 nitrogen and oxygen atoms in total. The van der Waals surface area contributed by atoms with Gasteiger partial charge in [-0.05, 0) is 25.5 Å². The lowest BCUT2D eigenvalue weighted by Gasteiger charge is -2.14. The molecule has 0 spiro atoms. The molecular formula is C12H14N4O. The highest BCUT2D eigenvalue weighted by Gasteiger charge is 2.21. The number of nitrogens with zero attached hydrogens (tertiary/aromatic N) is 3. The molecule has 0 amide bonds. The van der Waals surface area contributed by atoms with Gasteiger partial charge < -0.3 is 5.32 Å². The van der Waals surface area contributed by atoms with Gasteiger partial charge in [0.15, 0.2) is 0 Å². The maximum Gasteiger partial charge on any atom is 0.262 e. The second kappa shape index (κ2) is 3.92. The van der Waals surface area contributed by atoms with Crippen molar-refractivity contribution >= 4 is 10.9 Å². The molecule has 1 N–H and O–H groups in total. The molecule has 5 heteroatoms. The summed E-state index contributed by atoms with van der Waals surface area (Å²) in [6.07, 6.45) is 5.42. The van der Waals surface area contributed by atoms with Gasteiger partial charge in [0.05, 0.1) is 16.9 Å². The van der Waals surface area contributed by atoms with Crippen LogP contribution in [0.1, 0.15) is 24.7 Å². The molecule has 1 fully saturated rings. The minimum absolute atomic E-state index is 0.0215. The highest BCUT2D eigenvalue weighted by molar-refractivity contribution is 5.76. The van der Waals surface area contributed by atoms with Crippen molar-refractivity contribution in [3.8, 4) is 0 Å². The van der Waals surface area contributed by atoms with Crippen LogP contribution in [0.4, 0.5) is 0 Å². The average Bonchev–Trinajstić information content (AvgIpc) is 2.87. The second-order valence-electron chi connectivity index (χ2n) is 4.38. The molecule has 0 bridgehead atoms. The summed E-state index contributed by atoms with van der Waals surface area (Å²) in [5.41, 5.74) is 0.707. The van der Waals surface area contributed by atoms with E-state index in [1.165, 1.54) is 0 Å². The van der Waals surface area contributed by atoms with Crippen molar-refractivity contribution < 1.29 is 0 Å². The first-order chi connectivity index (χ1) is 8.27. The molecule has 2 aromatic heterocycles. The van der Waals surface area contributed by atoms with Crippen LogP contribution < -0.4 is 10.9 Å². The van der Waals surface area contributed by atoms with E-state index in [2.05, 4.69) is 15.3 Å². The van der Waals surface area contributed by atoms with Gasteiger partial charge in [-0.25, -0.2) is 4.98 Å². The van der Waals surface area contributed by atoms with Crippen LogP contribution in [0.5, 0.6) is 0 Å². The first-order valence-corrected chi connectivity index (χ1v) is 5.81. The van der Waals surface area contributed by atoms with Crippen molar-refractivity contribution in [3.63, 3.8) is 0 Å². The lowest BCUT2D eigenvalue weighted by molar-refractivity contribution is 0.564. The van der Waals surface area contributed by atoms with Gasteiger partial charge in [-0.3, -0.25) is 14.3 Å². The Balaban J connectivity index is 2.25. The Hall–Kier alpha value is -1.75. The minimum atomic E-state index is -0.0215. The molecule has 1 aliphatic heterocycles. The Morgan fingerprint density at radius 1 is 1.53 bits per heavy atom. The summed E-state index contributed by atoms with van der Waals surface area (Å²) >= 11 is 0. The Labute approximate surface area is 98.5 Å². The number of hydrogen-bond donors (Lipinski definition) is 1. The lowest BCUT2D eigenvalue weighted by Crippen LogP contribution is -2.27. The van der Waals surface area contributed by atoms with E-state index in [0.717, 1.165) is 30.7 Å². The summed E-state index contributed by atoms with van der Waals surface area (Å²) in [5.74, 6) is 0.825. The highest BCUT2D eigenvalue weighted by atomic mass is 16.1. The van der Waals surface area contributed by atoms with Gasteiger partial charge in [-0.2, -0.15) is 0 Å². The number of pyridine rings is 1. The summed E-state index contributed by atoms with van der Waals surface area (Å²) in [6.45, 7) is 0.995. The molecule has 88 valence electrons. The van der Waals surface area contributed by atoms with Crippen LogP contribution in [-0.4, -0.2) is 21.1 Å². The zero-order valence-electron chi connectivity index (χ0n) is 9.68. The fraction of sp³-hybridized carbons (Fsp3) is 0.417. The fourth-order valence-corrected chi connectivity index (χ4v) is 2.35. The largest absolute Gasteiger partial charge is 0.307 e. The van der Waals surface area contributed by atoms with Crippen LogP contribution in [0.15, 0.2) is 23.3 Å².